The molecule has 4 rings (SSSR count). The van der Waals surface area contributed by atoms with Crippen molar-refractivity contribution in [3.8, 4) is 5.69 Å². The van der Waals surface area contributed by atoms with E-state index in [0.717, 1.165) is 23.4 Å². The van der Waals surface area contributed by atoms with E-state index in [1.165, 1.54) is 4.68 Å². The molecule has 0 radical (unpaired) electrons. The van der Waals surface area contributed by atoms with Crippen molar-refractivity contribution in [3.05, 3.63) is 63.6 Å². The van der Waals surface area contributed by atoms with E-state index in [1.807, 2.05) is 29.6 Å². The van der Waals surface area contributed by atoms with Gasteiger partial charge in [0.25, 0.3) is 5.91 Å². The van der Waals surface area contributed by atoms with Crippen LogP contribution in [-0.2, 0) is 11.2 Å². The van der Waals surface area contributed by atoms with Crippen molar-refractivity contribution in [2.24, 2.45) is 0 Å². The summed E-state index contributed by atoms with van der Waals surface area (Å²) in [6, 6.07) is 11.2. The van der Waals surface area contributed by atoms with Crippen LogP contribution in [-0.4, -0.2) is 50.8 Å². The van der Waals surface area contributed by atoms with Crippen LogP contribution in [0.5, 0.6) is 0 Å². The molecule has 0 unspecified atom stereocenters. The van der Waals surface area contributed by atoms with E-state index < -0.39 is 0 Å². The van der Waals surface area contributed by atoms with Crippen molar-refractivity contribution >= 4 is 34.8 Å². The smallest absolute Gasteiger partial charge is 0.276 e. The van der Waals surface area contributed by atoms with E-state index in [2.05, 4.69) is 15.6 Å². The van der Waals surface area contributed by atoms with Crippen LogP contribution in [0.4, 0.5) is 0 Å². The highest BCUT2D eigenvalue weighted by atomic mass is 35.5. The number of aromatic nitrogens is 3. The molecule has 2 aromatic heterocycles. The number of likely N-dealkylation sites (tertiary alicyclic amines) is 1. The second kappa shape index (κ2) is 8.75. The standard InChI is InChI=1S/C20H20ClN5O2S/c21-14-3-1-4-16(11-14)26-13-18(23-24-26)20(28)25-8-6-15(7-9-25)22-19(27)12-17-5-2-10-29-17/h1-5,10-11,13,15H,6-9,12H2,(H,22,27). The lowest BCUT2D eigenvalue weighted by Crippen LogP contribution is -2.47. The zero-order valence-corrected chi connectivity index (χ0v) is 17.2. The van der Waals surface area contributed by atoms with Crippen LogP contribution in [0.15, 0.2) is 48.0 Å². The van der Waals surface area contributed by atoms with Crippen molar-refractivity contribution < 1.29 is 9.59 Å². The SMILES string of the molecule is O=C(Cc1cccs1)NC1CCN(C(=O)c2cn(-c3cccc(Cl)c3)nn2)CC1. The Bertz CT molecular complexity index is 996. The monoisotopic (exact) mass is 429 g/mol. The molecule has 0 aliphatic carbocycles. The summed E-state index contributed by atoms with van der Waals surface area (Å²) >= 11 is 7.59. The van der Waals surface area contributed by atoms with Crippen molar-refractivity contribution in [2.75, 3.05) is 13.1 Å². The van der Waals surface area contributed by atoms with Crippen LogP contribution in [0, 0.1) is 0 Å². The highest BCUT2D eigenvalue weighted by Crippen LogP contribution is 2.17. The molecule has 0 saturated carbocycles. The largest absolute Gasteiger partial charge is 0.353 e. The van der Waals surface area contributed by atoms with Crippen LogP contribution in [0.25, 0.3) is 5.69 Å². The Kier molecular flexibility index (Phi) is 5.92. The summed E-state index contributed by atoms with van der Waals surface area (Å²) in [4.78, 5) is 27.7. The fourth-order valence-electron chi connectivity index (χ4n) is 3.35. The van der Waals surface area contributed by atoms with Gasteiger partial charge in [-0.2, -0.15) is 0 Å². The third-order valence-corrected chi connectivity index (χ3v) is 5.96. The molecule has 150 valence electrons. The fourth-order valence-corrected chi connectivity index (χ4v) is 4.23. The van der Waals surface area contributed by atoms with Gasteiger partial charge in [-0.1, -0.05) is 28.9 Å². The Morgan fingerprint density at radius 1 is 1.21 bits per heavy atom. The molecule has 3 aromatic rings. The van der Waals surface area contributed by atoms with Crippen molar-refractivity contribution in [3.63, 3.8) is 0 Å². The highest BCUT2D eigenvalue weighted by Gasteiger charge is 2.26. The summed E-state index contributed by atoms with van der Waals surface area (Å²) in [6.07, 6.45) is 3.47. The van der Waals surface area contributed by atoms with Gasteiger partial charge in [0.1, 0.15) is 0 Å². The lowest BCUT2D eigenvalue weighted by Gasteiger charge is -2.31. The van der Waals surface area contributed by atoms with E-state index in [9.17, 15) is 9.59 Å². The Labute approximate surface area is 177 Å². The molecule has 9 heteroatoms. The molecule has 1 saturated heterocycles. The van der Waals surface area contributed by atoms with E-state index in [-0.39, 0.29) is 17.9 Å². The van der Waals surface area contributed by atoms with Gasteiger partial charge in [0.15, 0.2) is 5.69 Å². The van der Waals surface area contributed by atoms with Crippen LogP contribution < -0.4 is 5.32 Å². The molecule has 1 N–H and O–H groups in total. The number of nitrogens with one attached hydrogen (secondary N) is 1. The molecular formula is C20H20ClN5O2S. The molecule has 0 bridgehead atoms. The maximum absolute atomic E-state index is 12.7. The van der Waals surface area contributed by atoms with Crippen LogP contribution >= 0.6 is 22.9 Å². The number of piperidine rings is 1. The van der Waals surface area contributed by atoms with Gasteiger partial charge in [-0.25, -0.2) is 4.68 Å². The Balaban J connectivity index is 1.30. The highest BCUT2D eigenvalue weighted by molar-refractivity contribution is 7.10. The van der Waals surface area contributed by atoms with Gasteiger partial charge >= 0.3 is 0 Å². The first-order valence-electron chi connectivity index (χ1n) is 9.38. The second-order valence-electron chi connectivity index (χ2n) is 6.92. The normalized spacial score (nSPS) is 14.7. The summed E-state index contributed by atoms with van der Waals surface area (Å²) < 4.78 is 1.54. The number of hydrogen-bond donors (Lipinski definition) is 1. The summed E-state index contributed by atoms with van der Waals surface area (Å²) in [6.45, 7) is 1.15. The number of rotatable bonds is 5. The lowest BCUT2D eigenvalue weighted by atomic mass is 10.0. The minimum Gasteiger partial charge on any atom is -0.353 e. The van der Waals surface area contributed by atoms with E-state index in [1.54, 1.807) is 34.6 Å². The van der Waals surface area contributed by atoms with E-state index >= 15 is 0 Å². The molecule has 1 aliphatic rings. The lowest BCUT2D eigenvalue weighted by molar-refractivity contribution is -0.121. The van der Waals surface area contributed by atoms with Crippen molar-refractivity contribution in [1.82, 2.24) is 25.2 Å². The third kappa shape index (κ3) is 4.83. The average Bonchev–Trinajstić information content (AvgIpc) is 3.40. The second-order valence-corrected chi connectivity index (χ2v) is 8.39. The number of halogens is 1. The molecule has 2 amide bonds. The van der Waals surface area contributed by atoms with Gasteiger partial charge in [0, 0.05) is 29.0 Å². The Morgan fingerprint density at radius 2 is 2.03 bits per heavy atom. The van der Waals surface area contributed by atoms with Crippen molar-refractivity contribution in [1.29, 1.82) is 0 Å². The van der Waals surface area contributed by atoms with Gasteiger partial charge < -0.3 is 10.2 Å². The van der Waals surface area contributed by atoms with Gasteiger partial charge in [-0.05, 0) is 42.5 Å². The molecule has 3 heterocycles. The summed E-state index contributed by atoms with van der Waals surface area (Å²) in [5.74, 6) is -0.122. The molecule has 29 heavy (non-hydrogen) atoms. The van der Waals surface area contributed by atoms with Crippen LogP contribution in [0.3, 0.4) is 0 Å². The number of hydrogen-bond acceptors (Lipinski definition) is 5. The minimum absolute atomic E-state index is 0.0293. The maximum Gasteiger partial charge on any atom is 0.276 e. The number of amides is 2. The topological polar surface area (TPSA) is 80.1 Å². The number of thiophene rings is 1. The van der Waals surface area contributed by atoms with Crippen LogP contribution in [0.2, 0.25) is 5.02 Å². The molecular weight excluding hydrogens is 410 g/mol. The first kappa shape index (κ1) is 19.6. The molecule has 1 aliphatic heterocycles. The Hall–Kier alpha value is -2.71. The number of benzene rings is 1. The van der Waals surface area contributed by atoms with E-state index in [4.69, 9.17) is 11.6 Å². The minimum atomic E-state index is -0.151. The molecule has 7 nitrogen and oxygen atoms in total. The van der Waals surface area contributed by atoms with Crippen LogP contribution in [0.1, 0.15) is 28.2 Å². The number of carbonyl (C=O) groups is 2. The molecule has 0 atom stereocenters. The van der Waals surface area contributed by atoms with Gasteiger partial charge in [0.05, 0.1) is 18.3 Å². The zero-order chi connectivity index (χ0) is 20.2. The third-order valence-electron chi connectivity index (χ3n) is 4.85. The van der Waals surface area contributed by atoms with Gasteiger partial charge in [0.2, 0.25) is 5.91 Å². The first-order valence-corrected chi connectivity index (χ1v) is 10.6. The first-order chi connectivity index (χ1) is 14.1. The maximum atomic E-state index is 12.7. The number of nitrogens with zero attached hydrogens (tertiary/aromatic N) is 4. The fraction of sp³-hybridized carbons (Fsp3) is 0.300. The molecule has 0 spiro atoms. The molecule has 1 aromatic carbocycles. The summed E-state index contributed by atoms with van der Waals surface area (Å²) in [7, 11) is 0. The van der Waals surface area contributed by atoms with E-state index in [0.29, 0.717) is 30.2 Å². The Morgan fingerprint density at radius 3 is 2.76 bits per heavy atom. The van der Waals surface area contributed by atoms with Gasteiger partial charge in [-0.3, -0.25) is 9.59 Å². The summed E-state index contributed by atoms with van der Waals surface area (Å²) in [5, 5.41) is 13.7. The van der Waals surface area contributed by atoms with Gasteiger partial charge in [-0.15, -0.1) is 16.4 Å². The number of carbonyl (C=O) groups excluding carboxylic acids is 2. The molecule has 1 fully saturated rings. The predicted molar refractivity (Wildman–Crippen MR) is 111 cm³/mol. The zero-order valence-electron chi connectivity index (χ0n) is 15.6. The van der Waals surface area contributed by atoms with Crippen molar-refractivity contribution in [2.45, 2.75) is 25.3 Å². The average molecular weight is 430 g/mol. The quantitative estimate of drug-likeness (QED) is 0.676. The predicted octanol–water partition coefficient (Wildman–Crippen LogP) is 2.95. The summed E-state index contributed by atoms with van der Waals surface area (Å²) in [5.41, 5.74) is 1.04.